The summed E-state index contributed by atoms with van der Waals surface area (Å²) in [5.74, 6) is 0.0332. The predicted octanol–water partition coefficient (Wildman–Crippen LogP) is 4.12. The largest absolute Gasteiger partial charge is 0.350 e. The topological polar surface area (TPSA) is 57.2 Å². The Balaban J connectivity index is 1.88. The molecule has 2 aromatic heterocycles. The number of aromatic amines is 1. The molecule has 5 heteroatoms. The van der Waals surface area contributed by atoms with E-state index in [1.807, 2.05) is 41.8 Å². The van der Waals surface area contributed by atoms with Gasteiger partial charge in [0.15, 0.2) is 0 Å². The van der Waals surface area contributed by atoms with Crippen molar-refractivity contribution in [1.82, 2.24) is 10.4 Å². The molecule has 2 heterocycles. The van der Waals surface area contributed by atoms with E-state index in [0.717, 1.165) is 21.3 Å². The molecule has 0 aliphatic rings. The van der Waals surface area contributed by atoms with Crippen LogP contribution in [0.25, 0.3) is 10.9 Å². The Bertz CT molecular complexity index is 816. The molecule has 112 valence electrons. The highest BCUT2D eigenvalue weighted by Crippen LogP contribution is 2.28. The van der Waals surface area contributed by atoms with Crippen LogP contribution in [0.1, 0.15) is 40.7 Å². The fourth-order valence-corrected chi connectivity index (χ4v) is 3.10. The average Bonchev–Trinajstić information content (AvgIpc) is 3.13. The summed E-state index contributed by atoms with van der Waals surface area (Å²) in [6, 6.07) is 11.9. The first-order valence-electron chi connectivity index (χ1n) is 7.14. The van der Waals surface area contributed by atoms with E-state index in [9.17, 15) is 4.79 Å². The Morgan fingerprint density at radius 2 is 2.09 bits per heavy atom. The third-order valence-electron chi connectivity index (χ3n) is 3.45. The highest BCUT2D eigenvalue weighted by molar-refractivity contribution is 7.11. The molecule has 1 aromatic carbocycles. The number of carbonyl (C=O) groups is 1. The molecule has 0 unspecified atom stereocenters. The first kappa shape index (κ1) is 14.5. The summed E-state index contributed by atoms with van der Waals surface area (Å²) >= 11 is 1.57. The molecular formula is C17H17N3OS. The maximum absolute atomic E-state index is 12.4. The summed E-state index contributed by atoms with van der Waals surface area (Å²) in [4.78, 5) is 16.6. The SMILES string of the molecule is CC(C)c1c(C(=O)N/N=C/c2cccs2)[nH]c2ccccc12. The summed E-state index contributed by atoms with van der Waals surface area (Å²) in [5, 5.41) is 7.08. The van der Waals surface area contributed by atoms with Gasteiger partial charge >= 0.3 is 0 Å². The number of hydrogen-bond acceptors (Lipinski definition) is 3. The van der Waals surface area contributed by atoms with Crippen LogP contribution in [0.4, 0.5) is 0 Å². The molecule has 0 atom stereocenters. The summed E-state index contributed by atoms with van der Waals surface area (Å²) in [6.45, 7) is 4.17. The highest BCUT2D eigenvalue weighted by Gasteiger charge is 2.19. The lowest BCUT2D eigenvalue weighted by Gasteiger charge is -2.06. The fourth-order valence-electron chi connectivity index (χ4n) is 2.52. The average molecular weight is 311 g/mol. The molecule has 3 rings (SSSR count). The maximum atomic E-state index is 12.4. The Kier molecular flexibility index (Phi) is 4.06. The molecular weight excluding hydrogens is 294 g/mol. The number of nitrogens with zero attached hydrogens (tertiary/aromatic N) is 1. The van der Waals surface area contributed by atoms with E-state index >= 15 is 0 Å². The molecule has 0 saturated heterocycles. The number of hydrazone groups is 1. The van der Waals surface area contributed by atoms with Gasteiger partial charge < -0.3 is 4.98 Å². The number of aromatic nitrogens is 1. The fraction of sp³-hybridized carbons (Fsp3) is 0.176. The first-order valence-corrected chi connectivity index (χ1v) is 8.02. The number of benzene rings is 1. The van der Waals surface area contributed by atoms with Crippen LogP contribution in [0.15, 0.2) is 46.9 Å². The Morgan fingerprint density at radius 1 is 1.27 bits per heavy atom. The maximum Gasteiger partial charge on any atom is 0.288 e. The lowest BCUT2D eigenvalue weighted by molar-refractivity contribution is 0.0949. The standard InChI is InChI=1S/C17H17N3OS/c1-11(2)15-13-7-3-4-8-14(13)19-16(15)17(21)20-18-10-12-6-5-9-22-12/h3-11,19H,1-2H3,(H,20,21)/b18-10+. The van der Waals surface area contributed by atoms with Crippen molar-refractivity contribution < 1.29 is 4.79 Å². The van der Waals surface area contributed by atoms with Crippen LogP contribution in [-0.4, -0.2) is 17.1 Å². The molecule has 0 fully saturated rings. The van der Waals surface area contributed by atoms with E-state index in [1.165, 1.54) is 0 Å². The van der Waals surface area contributed by atoms with Gasteiger partial charge in [0.05, 0.1) is 6.21 Å². The van der Waals surface area contributed by atoms with Gasteiger partial charge in [-0.3, -0.25) is 4.79 Å². The van der Waals surface area contributed by atoms with Crippen LogP contribution >= 0.6 is 11.3 Å². The van der Waals surface area contributed by atoms with Crippen LogP contribution in [0, 0.1) is 0 Å². The van der Waals surface area contributed by atoms with E-state index < -0.39 is 0 Å². The van der Waals surface area contributed by atoms with Gasteiger partial charge in [0.25, 0.3) is 5.91 Å². The molecule has 0 spiro atoms. The number of rotatable bonds is 4. The van der Waals surface area contributed by atoms with Gasteiger partial charge in [0, 0.05) is 15.8 Å². The van der Waals surface area contributed by atoms with E-state index in [0.29, 0.717) is 5.69 Å². The van der Waals surface area contributed by atoms with E-state index in [2.05, 4.69) is 29.4 Å². The molecule has 0 saturated carbocycles. The van der Waals surface area contributed by atoms with Crippen molar-refractivity contribution >= 4 is 34.4 Å². The van der Waals surface area contributed by atoms with Crippen LogP contribution < -0.4 is 5.43 Å². The van der Waals surface area contributed by atoms with Crippen molar-refractivity contribution in [3.63, 3.8) is 0 Å². The van der Waals surface area contributed by atoms with Crippen LogP contribution in [0.3, 0.4) is 0 Å². The third kappa shape index (κ3) is 2.80. The first-order chi connectivity index (χ1) is 10.7. The zero-order chi connectivity index (χ0) is 15.5. The summed E-state index contributed by atoms with van der Waals surface area (Å²) < 4.78 is 0. The number of H-pyrrole nitrogens is 1. The van der Waals surface area contributed by atoms with E-state index in [1.54, 1.807) is 17.6 Å². The van der Waals surface area contributed by atoms with Gasteiger partial charge in [-0.25, -0.2) is 5.43 Å². The smallest absolute Gasteiger partial charge is 0.288 e. The number of hydrogen-bond donors (Lipinski definition) is 2. The quantitative estimate of drug-likeness (QED) is 0.553. The molecule has 1 amide bonds. The highest BCUT2D eigenvalue weighted by atomic mass is 32.1. The second-order valence-electron chi connectivity index (χ2n) is 5.33. The molecule has 3 aromatic rings. The molecule has 2 N–H and O–H groups in total. The molecule has 22 heavy (non-hydrogen) atoms. The number of fused-ring (bicyclic) bond motifs is 1. The van der Waals surface area contributed by atoms with E-state index in [-0.39, 0.29) is 11.8 Å². The molecule has 0 aliphatic carbocycles. The minimum atomic E-state index is -0.215. The monoisotopic (exact) mass is 311 g/mol. The van der Waals surface area contributed by atoms with Gasteiger partial charge in [-0.2, -0.15) is 5.10 Å². The number of para-hydroxylation sites is 1. The van der Waals surface area contributed by atoms with Gasteiger partial charge in [0.2, 0.25) is 0 Å². The van der Waals surface area contributed by atoms with Crippen molar-refractivity contribution in [3.8, 4) is 0 Å². The van der Waals surface area contributed by atoms with Crippen molar-refractivity contribution in [3.05, 3.63) is 57.9 Å². The van der Waals surface area contributed by atoms with Crippen LogP contribution in [0.5, 0.6) is 0 Å². The molecule has 0 bridgehead atoms. The number of thiophene rings is 1. The van der Waals surface area contributed by atoms with Crippen LogP contribution in [0.2, 0.25) is 0 Å². The van der Waals surface area contributed by atoms with Crippen LogP contribution in [-0.2, 0) is 0 Å². The molecule has 0 aliphatic heterocycles. The van der Waals surface area contributed by atoms with Crippen molar-refractivity contribution in [2.24, 2.45) is 5.10 Å². The van der Waals surface area contributed by atoms with Gasteiger partial charge in [-0.1, -0.05) is 38.1 Å². The summed E-state index contributed by atoms with van der Waals surface area (Å²) in [7, 11) is 0. The van der Waals surface area contributed by atoms with Gasteiger partial charge in [0.1, 0.15) is 5.69 Å². The lowest BCUT2D eigenvalue weighted by Crippen LogP contribution is -2.19. The summed E-state index contributed by atoms with van der Waals surface area (Å²) in [5.41, 5.74) is 5.18. The second kappa shape index (κ2) is 6.15. The lowest BCUT2D eigenvalue weighted by atomic mass is 9.99. The summed E-state index contributed by atoms with van der Waals surface area (Å²) in [6.07, 6.45) is 1.65. The predicted molar refractivity (Wildman–Crippen MR) is 91.8 cm³/mol. The minimum Gasteiger partial charge on any atom is -0.350 e. The zero-order valence-electron chi connectivity index (χ0n) is 12.5. The Hall–Kier alpha value is -2.40. The number of amides is 1. The van der Waals surface area contributed by atoms with Crippen molar-refractivity contribution in [1.29, 1.82) is 0 Å². The van der Waals surface area contributed by atoms with E-state index in [4.69, 9.17) is 0 Å². The van der Waals surface area contributed by atoms with Gasteiger partial charge in [-0.05, 0) is 29.0 Å². The minimum absolute atomic E-state index is 0.215. The third-order valence-corrected chi connectivity index (χ3v) is 4.26. The van der Waals surface area contributed by atoms with Crippen molar-refractivity contribution in [2.75, 3.05) is 0 Å². The second-order valence-corrected chi connectivity index (χ2v) is 6.31. The zero-order valence-corrected chi connectivity index (χ0v) is 13.3. The molecule has 4 nitrogen and oxygen atoms in total. The van der Waals surface area contributed by atoms with Crippen molar-refractivity contribution in [2.45, 2.75) is 19.8 Å². The molecule has 0 radical (unpaired) electrons. The number of nitrogens with one attached hydrogen (secondary N) is 2. The Labute approximate surface area is 132 Å². The number of carbonyl (C=O) groups excluding carboxylic acids is 1. The Morgan fingerprint density at radius 3 is 2.82 bits per heavy atom. The van der Waals surface area contributed by atoms with Gasteiger partial charge in [-0.15, -0.1) is 11.3 Å². The normalized spacial score (nSPS) is 11.6.